The zero-order chi connectivity index (χ0) is 10.0. The smallest absolute Gasteiger partial charge is 0.0291 e. The third-order valence-corrected chi connectivity index (χ3v) is 3.55. The number of thioether (sulfide) groups is 1. The lowest BCUT2D eigenvalue weighted by Gasteiger charge is -2.23. The molecule has 0 bridgehead atoms. The zero-order valence-electron chi connectivity index (χ0n) is 8.92. The standard InChI is InChI=1S/C11H19NS/c1-7(2)13-11-9(4)6-5-8(3)10(11)12/h6-8H,5,12H2,1-4H3. The lowest BCUT2D eigenvalue weighted by atomic mass is 9.96. The molecule has 0 amide bonds. The first-order valence-electron chi connectivity index (χ1n) is 4.85. The third-order valence-electron chi connectivity index (χ3n) is 2.28. The minimum Gasteiger partial charge on any atom is -0.401 e. The van der Waals surface area contributed by atoms with Crippen molar-refractivity contribution in [2.45, 2.75) is 39.4 Å². The maximum absolute atomic E-state index is 6.08. The maximum Gasteiger partial charge on any atom is 0.0291 e. The number of rotatable bonds is 2. The van der Waals surface area contributed by atoms with Gasteiger partial charge in [0.1, 0.15) is 0 Å². The van der Waals surface area contributed by atoms with E-state index < -0.39 is 0 Å². The normalized spacial score (nSPS) is 23.8. The quantitative estimate of drug-likeness (QED) is 0.735. The second-order valence-electron chi connectivity index (χ2n) is 3.97. The number of hydrogen-bond donors (Lipinski definition) is 1. The molecule has 1 nitrogen and oxygen atoms in total. The molecule has 0 fully saturated rings. The van der Waals surface area contributed by atoms with Crippen LogP contribution in [0.3, 0.4) is 0 Å². The number of allylic oxidation sites excluding steroid dienone is 3. The molecular weight excluding hydrogens is 178 g/mol. The van der Waals surface area contributed by atoms with Gasteiger partial charge in [-0.1, -0.05) is 26.8 Å². The summed E-state index contributed by atoms with van der Waals surface area (Å²) >= 11 is 1.88. The molecule has 0 aliphatic heterocycles. The van der Waals surface area contributed by atoms with Crippen molar-refractivity contribution >= 4 is 11.8 Å². The van der Waals surface area contributed by atoms with Crippen LogP contribution in [0.25, 0.3) is 0 Å². The summed E-state index contributed by atoms with van der Waals surface area (Å²) in [7, 11) is 0. The molecule has 1 rings (SSSR count). The average Bonchev–Trinajstić information content (AvgIpc) is 2.05. The summed E-state index contributed by atoms with van der Waals surface area (Å²) in [5.74, 6) is 0.518. The van der Waals surface area contributed by atoms with Crippen molar-refractivity contribution in [2.24, 2.45) is 11.7 Å². The molecule has 1 aliphatic rings. The molecular formula is C11H19NS. The van der Waals surface area contributed by atoms with Crippen LogP contribution in [0.15, 0.2) is 22.3 Å². The van der Waals surface area contributed by atoms with Crippen LogP contribution in [0.1, 0.15) is 34.1 Å². The van der Waals surface area contributed by atoms with Crippen molar-refractivity contribution < 1.29 is 0 Å². The van der Waals surface area contributed by atoms with Gasteiger partial charge in [0.15, 0.2) is 0 Å². The summed E-state index contributed by atoms with van der Waals surface area (Å²) in [4.78, 5) is 1.31. The van der Waals surface area contributed by atoms with Gasteiger partial charge in [-0.15, -0.1) is 11.8 Å². The van der Waals surface area contributed by atoms with E-state index in [0.29, 0.717) is 11.2 Å². The summed E-state index contributed by atoms with van der Waals surface area (Å²) in [6, 6.07) is 0. The molecule has 0 heterocycles. The summed E-state index contributed by atoms with van der Waals surface area (Å²) in [5, 5.41) is 0.613. The summed E-state index contributed by atoms with van der Waals surface area (Å²) in [6.07, 6.45) is 3.39. The van der Waals surface area contributed by atoms with Crippen molar-refractivity contribution in [3.8, 4) is 0 Å². The highest BCUT2D eigenvalue weighted by Gasteiger charge is 2.17. The Morgan fingerprint density at radius 3 is 2.69 bits per heavy atom. The van der Waals surface area contributed by atoms with E-state index in [1.54, 1.807) is 0 Å². The van der Waals surface area contributed by atoms with Gasteiger partial charge in [0.25, 0.3) is 0 Å². The molecule has 74 valence electrons. The Balaban J connectivity index is 2.87. The Morgan fingerprint density at radius 2 is 2.15 bits per heavy atom. The van der Waals surface area contributed by atoms with E-state index in [0.717, 1.165) is 12.1 Å². The first kappa shape index (κ1) is 10.7. The molecule has 0 radical (unpaired) electrons. The van der Waals surface area contributed by atoms with Gasteiger partial charge < -0.3 is 5.73 Å². The SMILES string of the molecule is CC1=CCC(C)C(N)=C1SC(C)C. The Bertz CT molecular complexity index is 251. The molecule has 2 N–H and O–H groups in total. The van der Waals surface area contributed by atoms with E-state index >= 15 is 0 Å². The Labute approximate surface area is 85.5 Å². The highest BCUT2D eigenvalue weighted by Crippen LogP contribution is 2.36. The molecule has 0 saturated heterocycles. The van der Waals surface area contributed by atoms with Crippen LogP contribution >= 0.6 is 11.8 Å². The first-order chi connectivity index (χ1) is 6.02. The van der Waals surface area contributed by atoms with E-state index in [-0.39, 0.29) is 0 Å². The molecule has 0 aromatic carbocycles. The lowest BCUT2D eigenvalue weighted by molar-refractivity contribution is 0.669. The highest BCUT2D eigenvalue weighted by atomic mass is 32.2. The largest absolute Gasteiger partial charge is 0.401 e. The maximum atomic E-state index is 6.08. The summed E-state index contributed by atoms with van der Waals surface area (Å²) < 4.78 is 0. The Morgan fingerprint density at radius 1 is 1.54 bits per heavy atom. The topological polar surface area (TPSA) is 26.0 Å². The molecule has 13 heavy (non-hydrogen) atoms. The van der Waals surface area contributed by atoms with Crippen molar-refractivity contribution in [3.05, 3.63) is 22.3 Å². The first-order valence-corrected chi connectivity index (χ1v) is 5.73. The van der Waals surface area contributed by atoms with Crippen LogP contribution in [0.2, 0.25) is 0 Å². The van der Waals surface area contributed by atoms with Gasteiger partial charge in [0.05, 0.1) is 0 Å². The third kappa shape index (κ3) is 2.53. The fourth-order valence-corrected chi connectivity index (χ4v) is 2.50. The second-order valence-corrected chi connectivity index (χ2v) is 5.56. The Hall–Kier alpha value is -0.370. The van der Waals surface area contributed by atoms with Gasteiger partial charge in [-0.05, 0) is 18.9 Å². The predicted molar refractivity (Wildman–Crippen MR) is 61.5 cm³/mol. The molecule has 0 aromatic heterocycles. The van der Waals surface area contributed by atoms with Crippen LogP contribution in [-0.4, -0.2) is 5.25 Å². The van der Waals surface area contributed by atoms with Crippen molar-refractivity contribution in [1.29, 1.82) is 0 Å². The van der Waals surface area contributed by atoms with Crippen LogP contribution in [0.4, 0.5) is 0 Å². The molecule has 1 atom stereocenters. The van der Waals surface area contributed by atoms with E-state index in [1.165, 1.54) is 10.5 Å². The van der Waals surface area contributed by atoms with Gasteiger partial charge in [0, 0.05) is 21.8 Å². The van der Waals surface area contributed by atoms with Crippen LogP contribution in [0.5, 0.6) is 0 Å². The average molecular weight is 197 g/mol. The molecule has 0 aromatic rings. The minimum atomic E-state index is 0.518. The van der Waals surface area contributed by atoms with Crippen molar-refractivity contribution in [2.75, 3.05) is 0 Å². The molecule has 1 aliphatic carbocycles. The van der Waals surface area contributed by atoms with E-state index in [2.05, 4.69) is 33.8 Å². The molecule has 1 unspecified atom stereocenters. The van der Waals surface area contributed by atoms with E-state index in [1.807, 2.05) is 11.8 Å². The Kier molecular flexibility index (Phi) is 3.48. The van der Waals surface area contributed by atoms with Crippen LogP contribution in [0, 0.1) is 5.92 Å². The van der Waals surface area contributed by atoms with Crippen LogP contribution < -0.4 is 5.73 Å². The fraction of sp³-hybridized carbons (Fsp3) is 0.636. The second kappa shape index (κ2) is 4.23. The summed E-state index contributed by atoms with van der Waals surface area (Å²) in [6.45, 7) is 8.76. The summed E-state index contributed by atoms with van der Waals surface area (Å²) in [5.41, 5.74) is 8.52. The molecule has 2 heteroatoms. The molecule has 0 spiro atoms. The van der Waals surface area contributed by atoms with E-state index in [4.69, 9.17) is 5.73 Å². The predicted octanol–water partition coefficient (Wildman–Crippen LogP) is 3.28. The fourth-order valence-electron chi connectivity index (χ4n) is 1.42. The van der Waals surface area contributed by atoms with E-state index in [9.17, 15) is 0 Å². The lowest BCUT2D eigenvalue weighted by Crippen LogP contribution is -2.15. The number of nitrogens with two attached hydrogens (primary N) is 1. The van der Waals surface area contributed by atoms with Gasteiger partial charge in [-0.2, -0.15) is 0 Å². The number of hydrogen-bond acceptors (Lipinski definition) is 2. The molecule has 0 saturated carbocycles. The minimum absolute atomic E-state index is 0.518. The van der Waals surface area contributed by atoms with Crippen LogP contribution in [-0.2, 0) is 0 Å². The highest BCUT2D eigenvalue weighted by molar-refractivity contribution is 8.03. The van der Waals surface area contributed by atoms with Crippen molar-refractivity contribution in [1.82, 2.24) is 0 Å². The van der Waals surface area contributed by atoms with Gasteiger partial charge >= 0.3 is 0 Å². The van der Waals surface area contributed by atoms with Gasteiger partial charge in [0.2, 0.25) is 0 Å². The van der Waals surface area contributed by atoms with Gasteiger partial charge in [-0.25, -0.2) is 0 Å². The van der Waals surface area contributed by atoms with Gasteiger partial charge in [-0.3, -0.25) is 0 Å². The van der Waals surface area contributed by atoms with Crippen molar-refractivity contribution in [3.63, 3.8) is 0 Å². The monoisotopic (exact) mass is 197 g/mol. The zero-order valence-corrected chi connectivity index (χ0v) is 9.74.